The van der Waals surface area contributed by atoms with Crippen molar-refractivity contribution in [2.24, 2.45) is 0 Å². The summed E-state index contributed by atoms with van der Waals surface area (Å²) >= 11 is 1.26. The molecule has 3 aromatic carbocycles. The first-order chi connectivity index (χ1) is 16.9. The fraction of sp³-hybridized carbons (Fsp3) is 0.200. The van der Waals surface area contributed by atoms with Crippen LogP contribution in [-0.2, 0) is 6.61 Å². The lowest BCUT2D eigenvalue weighted by molar-refractivity contribution is -0.479. The molecule has 1 aromatic heterocycles. The van der Waals surface area contributed by atoms with Gasteiger partial charge in [-0.25, -0.2) is 4.39 Å². The molecule has 0 saturated heterocycles. The molecule has 0 fully saturated rings. The molecule has 8 nitrogen and oxygen atoms in total. The molecule has 0 amide bonds. The summed E-state index contributed by atoms with van der Waals surface area (Å²) in [5.41, 5.74) is 2.37. The molecular formula is C25H23FN4O4S. The molecule has 0 unspecified atom stereocenters. The fourth-order valence-corrected chi connectivity index (χ4v) is 4.68. The van der Waals surface area contributed by atoms with Gasteiger partial charge in [0.1, 0.15) is 23.5 Å². The van der Waals surface area contributed by atoms with Crippen molar-refractivity contribution in [3.63, 3.8) is 0 Å². The number of benzene rings is 3. The summed E-state index contributed by atoms with van der Waals surface area (Å²) in [6, 6.07) is 20.9. The standard InChI is InChI=1S/C25H23FN4O4S/c1-17-27-28-25(30(17)21-6-4-3-5-7-21)35-24(15-29(31)32)19-10-13-22(23(14-19)33-2)34-16-18-8-11-20(26)12-9-18/h3-14,24H,15-16H2,1-2H3/t24-/m1/s1. The summed E-state index contributed by atoms with van der Waals surface area (Å²) in [4.78, 5) is 11.2. The van der Waals surface area contributed by atoms with Crippen LogP contribution in [0.4, 0.5) is 4.39 Å². The van der Waals surface area contributed by atoms with E-state index in [0.717, 1.165) is 11.3 Å². The van der Waals surface area contributed by atoms with Crippen LogP contribution in [0, 0.1) is 22.9 Å². The Hall–Kier alpha value is -3.92. The minimum atomic E-state index is -0.545. The van der Waals surface area contributed by atoms with E-state index in [2.05, 4.69) is 10.2 Å². The third-order valence-corrected chi connectivity index (χ3v) is 6.42. The van der Waals surface area contributed by atoms with Gasteiger partial charge in [0.25, 0.3) is 0 Å². The van der Waals surface area contributed by atoms with E-state index >= 15 is 0 Å². The van der Waals surface area contributed by atoms with E-state index in [-0.39, 0.29) is 23.9 Å². The second kappa shape index (κ2) is 11.0. The van der Waals surface area contributed by atoms with Crippen LogP contribution in [0.25, 0.3) is 5.69 Å². The zero-order valence-electron chi connectivity index (χ0n) is 19.1. The molecule has 4 aromatic rings. The summed E-state index contributed by atoms with van der Waals surface area (Å²) in [6.45, 7) is 1.75. The van der Waals surface area contributed by atoms with Crippen LogP contribution in [0.3, 0.4) is 0 Å². The molecule has 0 aliphatic heterocycles. The third kappa shape index (κ3) is 5.96. The molecule has 0 spiro atoms. The van der Waals surface area contributed by atoms with Crippen molar-refractivity contribution in [3.05, 3.63) is 106 Å². The number of aromatic nitrogens is 3. The summed E-state index contributed by atoms with van der Waals surface area (Å²) in [7, 11) is 1.51. The Balaban J connectivity index is 1.59. The van der Waals surface area contributed by atoms with E-state index in [9.17, 15) is 14.5 Å². The van der Waals surface area contributed by atoms with Gasteiger partial charge < -0.3 is 9.47 Å². The molecule has 0 aliphatic carbocycles. The van der Waals surface area contributed by atoms with Crippen molar-refractivity contribution in [3.8, 4) is 17.2 Å². The summed E-state index contributed by atoms with van der Waals surface area (Å²) in [6.07, 6.45) is 0. The Bertz CT molecular complexity index is 1300. The highest BCUT2D eigenvalue weighted by atomic mass is 32.2. The zero-order valence-corrected chi connectivity index (χ0v) is 19.9. The Morgan fingerprint density at radius 1 is 1.06 bits per heavy atom. The molecule has 180 valence electrons. The summed E-state index contributed by atoms with van der Waals surface area (Å²) < 4.78 is 26.4. The molecule has 1 atom stereocenters. The first kappa shape index (κ1) is 24.2. The summed E-state index contributed by atoms with van der Waals surface area (Å²) in [5, 5.41) is 20.0. The van der Waals surface area contributed by atoms with Crippen molar-refractivity contribution >= 4 is 11.8 Å². The largest absolute Gasteiger partial charge is 0.493 e. The molecule has 0 radical (unpaired) electrons. The molecule has 4 rings (SSSR count). The van der Waals surface area contributed by atoms with Crippen molar-refractivity contribution in [2.75, 3.05) is 13.7 Å². The number of para-hydroxylation sites is 1. The van der Waals surface area contributed by atoms with Gasteiger partial charge in [-0.2, -0.15) is 0 Å². The number of aryl methyl sites for hydroxylation is 1. The van der Waals surface area contributed by atoms with Gasteiger partial charge in [-0.3, -0.25) is 14.7 Å². The molecule has 0 bridgehead atoms. The van der Waals surface area contributed by atoms with Crippen LogP contribution in [0.1, 0.15) is 22.2 Å². The second-order valence-corrected chi connectivity index (χ2v) is 8.82. The molecule has 0 N–H and O–H groups in total. The Morgan fingerprint density at radius 2 is 1.80 bits per heavy atom. The molecule has 1 heterocycles. The molecule has 0 saturated carbocycles. The number of hydrogen-bond donors (Lipinski definition) is 0. The van der Waals surface area contributed by atoms with Crippen molar-refractivity contribution < 1.29 is 18.8 Å². The highest BCUT2D eigenvalue weighted by Gasteiger charge is 2.25. The van der Waals surface area contributed by atoms with Gasteiger partial charge in [-0.15, -0.1) is 10.2 Å². The van der Waals surface area contributed by atoms with Crippen LogP contribution in [0.2, 0.25) is 0 Å². The number of halogens is 1. The molecule has 0 aliphatic rings. The van der Waals surface area contributed by atoms with Crippen LogP contribution >= 0.6 is 11.8 Å². The van der Waals surface area contributed by atoms with Gasteiger partial charge in [-0.1, -0.05) is 48.2 Å². The van der Waals surface area contributed by atoms with E-state index in [1.54, 1.807) is 30.3 Å². The predicted octanol–water partition coefficient (Wildman–Crippen LogP) is 5.41. The van der Waals surface area contributed by atoms with Crippen molar-refractivity contribution in [1.29, 1.82) is 0 Å². The zero-order chi connectivity index (χ0) is 24.8. The Labute approximate surface area is 205 Å². The van der Waals surface area contributed by atoms with E-state index < -0.39 is 5.25 Å². The fourth-order valence-electron chi connectivity index (χ4n) is 3.51. The lowest BCUT2D eigenvalue weighted by Crippen LogP contribution is -2.11. The number of rotatable bonds is 10. The second-order valence-electron chi connectivity index (χ2n) is 7.65. The highest BCUT2D eigenvalue weighted by molar-refractivity contribution is 7.99. The molecular weight excluding hydrogens is 471 g/mol. The minimum Gasteiger partial charge on any atom is -0.493 e. The maximum Gasteiger partial charge on any atom is 0.220 e. The van der Waals surface area contributed by atoms with Gasteiger partial charge in [0, 0.05) is 10.6 Å². The van der Waals surface area contributed by atoms with Crippen molar-refractivity contribution in [2.45, 2.75) is 23.9 Å². The number of nitrogens with zero attached hydrogens (tertiary/aromatic N) is 4. The summed E-state index contributed by atoms with van der Waals surface area (Å²) in [5.74, 6) is 1.29. The molecule has 10 heteroatoms. The lowest BCUT2D eigenvalue weighted by Gasteiger charge is -2.17. The lowest BCUT2D eigenvalue weighted by atomic mass is 10.1. The Morgan fingerprint density at radius 3 is 2.49 bits per heavy atom. The van der Waals surface area contributed by atoms with Gasteiger partial charge in [-0.05, 0) is 54.4 Å². The van der Waals surface area contributed by atoms with Crippen LogP contribution in [0.5, 0.6) is 11.5 Å². The minimum absolute atomic E-state index is 0.225. The van der Waals surface area contributed by atoms with Crippen LogP contribution in [-0.4, -0.2) is 33.3 Å². The maximum absolute atomic E-state index is 13.1. The normalized spacial score (nSPS) is 11.7. The first-order valence-corrected chi connectivity index (χ1v) is 11.6. The highest BCUT2D eigenvalue weighted by Crippen LogP contribution is 2.39. The predicted molar refractivity (Wildman–Crippen MR) is 130 cm³/mol. The van der Waals surface area contributed by atoms with E-state index in [4.69, 9.17) is 9.47 Å². The molecule has 35 heavy (non-hydrogen) atoms. The average molecular weight is 495 g/mol. The number of thioether (sulfide) groups is 1. The number of ether oxygens (including phenoxy) is 2. The first-order valence-electron chi connectivity index (χ1n) is 10.8. The SMILES string of the molecule is COc1cc([C@@H](C[N+](=O)[O-])Sc2nnc(C)n2-c2ccccc2)ccc1OCc1ccc(F)cc1. The van der Waals surface area contributed by atoms with Gasteiger partial charge in [0.2, 0.25) is 6.54 Å². The number of hydrogen-bond acceptors (Lipinski definition) is 7. The number of nitro groups is 1. The third-order valence-electron chi connectivity index (χ3n) is 5.24. The van der Waals surface area contributed by atoms with E-state index in [1.165, 1.54) is 31.0 Å². The topological polar surface area (TPSA) is 92.3 Å². The van der Waals surface area contributed by atoms with E-state index in [1.807, 2.05) is 41.8 Å². The Kier molecular flexibility index (Phi) is 7.61. The van der Waals surface area contributed by atoms with Gasteiger partial charge in [0.05, 0.1) is 7.11 Å². The monoisotopic (exact) mass is 494 g/mol. The smallest absolute Gasteiger partial charge is 0.220 e. The number of methoxy groups -OCH3 is 1. The van der Waals surface area contributed by atoms with E-state index in [0.29, 0.717) is 28.0 Å². The van der Waals surface area contributed by atoms with Crippen LogP contribution in [0.15, 0.2) is 78.0 Å². The van der Waals surface area contributed by atoms with Crippen LogP contribution < -0.4 is 9.47 Å². The maximum atomic E-state index is 13.1. The average Bonchev–Trinajstić information content (AvgIpc) is 3.23. The quantitative estimate of drug-likeness (QED) is 0.165. The van der Waals surface area contributed by atoms with Gasteiger partial charge >= 0.3 is 0 Å². The van der Waals surface area contributed by atoms with Gasteiger partial charge in [0.15, 0.2) is 16.7 Å². The van der Waals surface area contributed by atoms with Crippen molar-refractivity contribution in [1.82, 2.24) is 14.8 Å².